The van der Waals surface area contributed by atoms with Crippen LogP contribution in [0.15, 0.2) is 0 Å². The van der Waals surface area contributed by atoms with Crippen LogP contribution >= 0.6 is 0 Å². The summed E-state index contributed by atoms with van der Waals surface area (Å²) >= 11 is 2.28. The molecule has 1 saturated heterocycles. The monoisotopic (exact) mass is 161 g/mol. The van der Waals surface area contributed by atoms with Crippen LogP contribution in [0, 0.1) is 0 Å². The van der Waals surface area contributed by atoms with Gasteiger partial charge in [-0.25, -0.2) is 0 Å². The van der Waals surface area contributed by atoms with Gasteiger partial charge < -0.3 is 0 Å². The van der Waals surface area contributed by atoms with Gasteiger partial charge in [0.1, 0.15) is 0 Å². The Morgan fingerprint density at radius 2 is 1.58 bits per heavy atom. The average Bonchev–Trinajstić information content (AvgIpc) is 2.33. The molecule has 1 heterocycles. The van der Waals surface area contributed by atoms with E-state index in [1.54, 1.807) is 0 Å². The van der Waals surface area contributed by atoms with Crippen LogP contribution in [0.1, 0.15) is 38.5 Å². The van der Waals surface area contributed by atoms with E-state index in [0.29, 0.717) is 0 Å². The van der Waals surface area contributed by atoms with Crippen molar-refractivity contribution in [2.75, 3.05) is 19.6 Å². The molecule has 1 aliphatic rings. The summed E-state index contributed by atoms with van der Waals surface area (Å²) < 4.78 is 0. The van der Waals surface area contributed by atoms with E-state index in [0.717, 1.165) is 0 Å². The van der Waals surface area contributed by atoms with E-state index < -0.39 is 0 Å². The molecule has 0 spiro atoms. The second kappa shape index (κ2) is 7.01. The summed E-state index contributed by atoms with van der Waals surface area (Å²) in [5, 5.41) is 1.36. The summed E-state index contributed by atoms with van der Waals surface area (Å²) in [5.74, 6) is 0. The van der Waals surface area contributed by atoms with Crippen molar-refractivity contribution >= 4 is 17.7 Å². The van der Waals surface area contributed by atoms with Gasteiger partial charge in [-0.1, -0.05) is 0 Å². The number of nitrogens with zero attached hydrogens (tertiary/aromatic N) is 1. The molecule has 1 aliphatic heterocycles. The molecule has 0 aliphatic carbocycles. The van der Waals surface area contributed by atoms with Gasteiger partial charge in [0, 0.05) is 0 Å². The maximum atomic E-state index is 2.66. The standard InChI is InChI=1S/C10H20N.Li/c1-2-3-8-11-9-6-4-5-7-10-11;/h1-10H2;. The Labute approximate surface area is 86.1 Å². The van der Waals surface area contributed by atoms with Crippen LogP contribution in [0.25, 0.3) is 0 Å². The summed E-state index contributed by atoms with van der Waals surface area (Å²) in [6.45, 7) is 4.08. The SMILES string of the molecule is [Li][CH2]CCCN1CCCCCC1. The zero-order valence-corrected chi connectivity index (χ0v) is 8.52. The average molecular weight is 161 g/mol. The quantitative estimate of drug-likeness (QED) is 0.451. The first-order chi connectivity index (χ1) is 5.93. The molecular formula is C10H20LiN. The summed E-state index contributed by atoms with van der Waals surface area (Å²) in [6, 6.07) is 0. The molecule has 12 heavy (non-hydrogen) atoms. The van der Waals surface area contributed by atoms with Gasteiger partial charge in [-0.15, -0.1) is 0 Å². The molecule has 1 rings (SSSR count). The Morgan fingerprint density at radius 1 is 0.917 bits per heavy atom. The van der Waals surface area contributed by atoms with Crippen LogP contribution in [0.4, 0.5) is 0 Å². The molecule has 0 aromatic heterocycles. The molecular weight excluding hydrogens is 141 g/mol. The molecule has 66 valence electrons. The minimum absolute atomic E-state index is 1.36. The summed E-state index contributed by atoms with van der Waals surface area (Å²) in [6.07, 6.45) is 8.62. The molecule has 0 bridgehead atoms. The van der Waals surface area contributed by atoms with Crippen LogP contribution in [0.2, 0.25) is 5.09 Å². The van der Waals surface area contributed by atoms with Gasteiger partial charge in [0.25, 0.3) is 0 Å². The summed E-state index contributed by atoms with van der Waals surface area (Å²) in [5.41, 5.74) is 0. The molecule has 0 radical (unpaired) electrons. The number of likely N-dealkylation sites (tertiary alicyclic amines) is 1. The first kappa shape index (κ1) is 10.6. The second-order valence-corrected chi connectivity index (χ2v) is 3.96. The van der Waals surface area contributed by atoms with E-state index in [9.17, 15) is 0 Å². The van der Waals surface area contributed by atoms with Gasteiger partial charge in [0.05, 0.1) is 0 Å². The van der Waals surface area contributed by atoms with E-state index in [4.69, 9.17) is 0 Å². The van der Waals surface area contributed by atoms with Crippen LogP contribution in [0.5, 0.6) is 0 Å². The molecule has 0 N–H and O–H groups in total. The third kappa shape index (κ3) is 4.55. The number of hydrogen-bond donors (Lipinski definition) is 0. The number of hydrogen-bond acceptors (Lipinski definition) is 1. The Hall–Kier alpha value is 0.557. The van der Waals surface area contributed by atoms with Gasteiger partial charge in [-0.3, -0.25) is 0 Å². The normalized spacial score (nSPS) is 20.8. The van der Waals surface area contributed by atoms with Crippen molar-refractivity contribution in [2.45, 2.75) is 43.6 Å². The Balaban J connectivity index is 2.04. The van der Waals surface area contributed by atoms with Crippen LogP contribution in [-0.2, 0) is 0 Å². The van der Waals surface area contributed by atoms with Crippen LogP contribution in [0.3, 0.4) is 0 Å². The van der Waals surface area contributed by atoms with Crippen molar-refractivity contribution in [1.82, 2.24) is 4.90 Å². The van der Waals surface area contributed by atoms with E-state index >= 15 is 0 Å². The molecule has 1 nitrogen and oxygen atoms in total. The Kier molecular flexibility index (Phi) is 6.21. The van der Waals surface area contributed by atoms with Gasteiger partial charge in [-0.2, -0.15) is 0 Å². The zero-order valence-electron chi connectivity index (χ0n) is 8.52. The molecule has 0 amide bonds. The van der Waals surface area contributed by atoms with Gasteiger partial charge >= 0.3 is 85.9 Å². The predicted molar refractivity (Wildman–Crippen MR) is 54.7 cm³/mol. The predicted octanol–water partition coefficient (Wildman–Crippen LogP) is 2.23. The Bertz CT molecular complexity index is 98.0. The van der Waals surface area contributed by atoms with E-state index in [2.05, 4.69) is 22.6 Å². The van der Waals surface area contributed by atoms with Crippen molar-refractivity contribution < 1.29 is 0 Å². The maximum absolute atomic E-state index is 2.66. The van der Waals surface area contributed by atoms with Gasteiger partial charge in [0.15, 0.2) is 0 Å². The van der Waals surface area contributed by atoms with Crippen molar-refractivity contribution in [1.29, 1.82) is 0 Å². The fourth-order valence-corrected chi connectivity index (χ4v) is 1.95. The van der Waals surface area contributed by atoms with Crippen molar-refractivity contribution in [3.8, 4) is 0 Å². The topological polar surface area (TPSA) is 3.24 Å². The van der Waals surface area contributed by atoms with Crippen molar-refractivity contribution in [2.24, 2.45) is 0 Å². The fourth-order valence-electron chi connectivity index (χ4n) is 1.95. The Morgan fingerprint density at radius 3 is 2.17 bits per heavy atom. The van der Waals surface area contributed by atoms with Crippen LogP contribution < -0.4 is 0 Å². The summed E-state index contributed by atoms with van der Waals surface area (Å²) in [4.78, 5) is 2.66. The van der Waals surface area contributed by atoms with E-state index in [1.165, 1.54) is 63.3 Å². The molecule has 0 unspecified atom stereocenters. The minimum atomic E-state index is 1.36. The third-order valence-electron chi connectivity index (χ3n) is 2.78. The molecule has 2 heteroatoms. The first-order valence-corrected chi connectivity index (χ1v) is 5.66. The molecule has 0 aromatic rings. The molecule has 0 saturated carbocycles. The number of unbranched alkanes of at least 4 members (excludes halogenated alkanes) is 1. The van der Waals surface area contributed by atoms with Gasteiger partial charge in [0.2, 0.25) is 0 Å². The van der Waals surface area contributed by atoms with Crippen LogP contribution in [-0.4, -0.2) is 42.2 Å². The fraction of sp³-hybridized carbons (Fsp3) is 1.00. The van der Waals surface area contributed by atoms with Crippen molar-refractivity contribution in [3.63, 3.8) is 0 Å². The first-order valence-electron chi connectivity index (χ1n) is 5.66. The van der Waals surface area contributed by atoms with E-state index in [-0.39, 0.29) is 0 Å². The zero-order chi connectivity index (χ0) is 8.65. The number of rotatable bonds is 4. The molecule has 1 fully saturated rings. The summed E-state index contributed by atoms with van der Waals surface area (Å²) in [7, 11) is 0. The van der Waals surface area contributed by atoms with Crippen molar-refractivity contribution in [3.05, 3.63) is 0 Å². The second-order valence-electron chi connectivity index (χ2n) is 3.96. The van der Waals surface area contributed by atoms with Gasteiger partial charge in [-0.05, 0) is 0 Å². The third-order valence-corrected chi connectivity index (χ3v) is 2.78. The molecule has 0 atom stereocenters. The van der Waals surface area contributed by atoms with E-state index in [1.807, 2.05) is 0 Å². The molecule has 0 aromatic carbocycles.